The zero-order valence-corrected chi connectivity index (χ0v) is 3.70. The molecule has 0 fully saturated rings. The van der Waals surface area contributed by atoms with Crippen LogP contribution in [0.4, 0.5) is 0 Å². The van der Waals surface area contributed by atoms with E-state index in [0.29, 0.717) is 0 Å². The lowest BCUT2D eigenvalue weighted by atomic mass is 10.8. The van der Waals surface area contributed by atoms with Crippen LogP contribution in [0.15, 0.2) is 0 Å². The monoisotopic (exact) mass is 107 g/mol. The third kappa shape index (κ3) is 5.16. The molecule has 0 saturated carbocycles. The van der Waals surface area contributed by atoms with Crippen molar-refractivity contribution >= 4 is 0 Å². The zero-order valence-electron chi connectivity index (χ0n) is 3.70. The third-order valence-electron chi connectivity index (χ3n) is 0.320. The molecule has 0 spiro atoms. The topological polar surface area (TPSA) is 75.6 Å². The first-order chi connectivity index (χ1) is 3.27. The largest absolute Gasteiger partial charge is 0.475 e. The molecule has 0 heterocycles. The quantitative estimate of drug-likeness (QED) is 0.455. The van der Waals surface area contributed by atoms with Gasteiger partial charge in [0.05, 0.1) is 0 Å². The van der Waals surface area contributed by atoms with E-state index in [9.17, 15) is 4.91 Å². The van der Waals surface area contributed by atoms with Crippen LogP contribution in [-0.2, 0) is 4.84 Å². The van der Waals surface area contributed by atoms with Crippen molar-refractivity contribution in [1.29, 1.82) is 0 Å². The van der Waals surface area contributed by atoms with Gasteiger partial charge in [0, 0.05) is 6.54 Å². The van der Waals surface area contributed by atoms with Gasteiger partial charge in [-0.15, -0.1) is 0 Å². The van der Waals surface area contributed by atoms with E-state index >= 15 is 0 Å². The van der Waals surface area contributed by atoms with Gasteiger partial charge in [-0.05, 0) is 0 Å². The molecule has 5 nitrogen and oxygen atoms in total. The number of rotatable bonds is 3. The first-order valence-corrected chi connectivity index (χ1v) is 1.76. The van der Waals surface area contributed by atoms with Crippen LogP contribution in [0.25, 0.3) is 0 Å². The van der Waals surface area contributed by atoms with Gasteiger partial charge in [-0.1, -0.05) is 0 Å². The molecule has 0 aromatic rings. The van der Waals surface area contributed by atoms with Crippen molar-refractivity contribution < 1.29 is 15.1 Å². The van der Waals surface area contributed by atoms with Gasteiger partial charge in [0.2, 0.25) is 0 Å². The fraction of sp³-hybridized carbons (Fsp3) is 1.00. The van der Waals surface area contributed by atoms with Crippen molar-refractivity contribution in [3.8, 4) is 0 Å². The van der Waals surface area contributed by atoms with Crippen LogP contribution in [0.3, 0.4) is 0 Å². The van der Waals surface area contributed by atoms with Crippen LogP contribution in [0, 0.1) is 4.91 Å². The van der Waals surface area contributed by atoms with E-state index in [2.05, 4.69) is 4.84 Å². The Labute approximate surface area is 40.2 Å². The first kappa shape index (κ1) is 6.16. The van der Waals surface area contributed by atoms with E-state index in [4.69, 9.17) is 10.9 Å². The first-order valence-electron chi connectivity index (χ1n) is 1.76. The van der Waals surface area contributed by atoms with E-state index in [-0.39, 0.29) is 13.2 Å². The molecule has 0 unspecified atom stereocenters. The molecule has 0 saturated heterocycles. The van der Waals surface area contributed by atoms with Gasteiger partial charge >= 0.3 is 5.09 Å². The highest BCUT2D eigenvalue weighted by Gasteiger charge is 1.98. The van der Waals surface area contributed by atoms with Crippen LogP contribution in [0.2, 0.25) is 0 Å². The molecule has 3 N–H and O–H groups in total. The summed E-state index contributed by atoms with van der Waals surface area (Å²) in [7, 11) is 0. The molecular weight excluding hydrogens is 100 g/mol. The smallest absolute Gasteiger partial charge is 0.327 e. The van der Waals surface area contributed by atoms with Crippen molar-refractivity contribution in [1.82, 2.24) is 0 Å². The molecule has 0 aromatic carbocycles. The summed E-state index contributed by atoms with van der Waals surface area (Å²) in [5, 5.41) is 7.07. The normalized spacial score (nSPS) is 8.14. The van der Waals surface area contributed by atoms with E-state index < -0.39 is 5.09 Å². The predicted octanol–water partition coefficient (Wildman–Crippen LogP) is -0.955. The summed E-state index contributed by atoms with van der Waals surface area (Å²) in [4.78, 5) is 13.3. The van der Waals surface area contributed by atoms with Gasteiger partial charge in [-0.2, -0.15) is 4.84 Å². The second kappa shape index (κ2) is 3.35. The molecule has 42 valence electrons. The highest BCUT2D eigenvalue weighted by atomic mass is 16.9. The van der Waals surface area contributed by atoms with Crippen LogP contribution in [-0.4, -0.2) is 23.4 Å². The Morgan fingerprint density at radius 3 is 2.57 bits per heavy atom. The lowest BCUT2D eigenvalue weighted by Gasteiger charge is -1.80. The minimum Gasteiger partial charge on any atom is -0.327 e. The molecule has 0 rings (SSSR count). The predicted molar refractivity (Wildman–Crippen MR) is 20.4 cm³/mol. The summed E-state index contributed by atoms with van der Waals surface area (Å²) in [6.07, 6.45) is 0. The van der Waals surface area contributed by atoms with Gasteiger partial charge in [-0.25, -0.2) is 5.21 Å². The molecular formula is C2H7N2O3+. The van der Waals surface area contributed by atoms with E-state index in [0.717, 1.165) is 0 Å². The van der Waals surface area contributed by atoms with E-state index in [1.165, 1.54) is 0 Å². The summed E-state index contributed by atoms with van der Waals surface area (Å²) < 4.78 is 0. The van der Waals surface area contributed by atoms with Crippen molar-refractivity contribution in [2.75, 3.05) is 13.2 Å². The maximum Gasteiger partial charge on any atom is 0.475 e. The van der Waals surface area contributed by atoms with Gasteiger partial charge in [-0.3, -0.25) is 0 Å². The summed E-state index contributed by atoms with van der Waals surface area (Å²) >= 11 is 0. The summed E-state index contributed by atoms with van der Waals surface area (Å²) in [6, 6.07) is 0. The number of hydrogen-bond donors (Lipinski definition) is 2. The fourth-order valence-corrected chi connectivity index (χ4v) is 0.131. The SMILES string of the molecule is NCCO[N+](=O)O. The maximum absolute atomic E-state index is 9.40. The second-order valence-corrected chi connectivity index (χ2v) is 0.860. The maximum atomic E-state index is 9.40. The summed E-state index contributed by atoms with van der Waals surface area (Å²) in [5.41, 5.74) is 4.88. The molecule has 0 radical (unpaired) electrons. The van der Waals surface area contributed by atoms with Gasteiger partial charge in [0.15, 0.2) is 6.61 Å². The highest BCUT2D eigenvalue weighted by Crippen LogP contribution is 1.65. The number of nitrogens with two attached hydrogens (primary N) is 1. The van der Waals surface area contributed by atoms with Gasteiger partial charge < -0.3 is 5.73 Å². The Bertz CT molecular complexity index is 64.0. The molecule has 0 bridgehead atoms. The van der Waals surface area contributed by atoms with Crippen molar-refractivity contribution in [2.45, 2.75) is 0 Å². The lowest BCUT2D eigenvalue weighted by Crippen LogP contribution is -2.12. The Morgan fingerprint density at radius 1 is 1.86 bits per heavy atom. The highest BCUT2D eigenvalue weighted by molar-refractivity contribution is 4.20. The molecule has 0 aromatic heterocycles. The minimum atomic E-state index is -0.618. The molecule has 0 amide bonds. The Kier molecular flexibility index (Phi) is 2.95. The van der Waals surface area contributed by atoms with Gasteiger partial charge in [0.25, 0.3) is 0 Å². The molecule has 0 atom stereocenters. The average molecular weight is 107 g/mol. The molecule has 0 aliphatic carbocycles. The molecule has 0 aliphatic heterocycles. The van der Waals surface area contributed by atoms with Gasteiger partial charge in [0.1, 0.15) is 4.91 Å². The fourth-order valence-electron chi connectivity index (χ4n) is 0.131. The molecule has 0 aliphatic rings. The average Bonchev–Trinajstić information content (AvgIpc) is 1.61. The summed E-state index contributed by atoms with van der Waals surface area (Å²) in [6.45, 7) is 0.263. The van der Waals surface area contributed by atoms with Crippen LogP contribution >= 0.6 is 0 Å². The zero-order chi connectivity index (χ0) is 5.70. The van der Waals surface area contributed by atoms with Crippen LogP contribution in [0.1, 0.15) is 0 Å². The standard InChI is InChI=1S/C2H7N2O3/c3-1-2-7-4(5)6/h1-3H2,(H,5,6)/q+1. The Hall–Kier alpha value is -0.840. The Morgan fingerprint density at radius 2 is 2.43 bits per heavy atom. The lowest BCUT2D eigenvalue weighted by molar-refractivity contribution is -0.975. The van der Waals surface area contributed by atoms with Crippen molar-refractivity contribution in [3.63, 3.8) is 0 Å². The minimum absolute atomic E-state index is 0.0417. The van der Waals surface area contributed by atoms with E-state index in [1.54, 1.807) is 0 Å². The van der Waals surface area contributed by atoms with Crippen LogP contribution in [0.5, 0.6) is 0 Å². The Balaban J connectivity index is 2.82. The van der Waals surface area contributed by atoms with E-state index in [1.807, 2.05) is 0 Å². The second-order valence-electron chi connectivity index (χ2n) is 0.860. The molecule has 7 heavy (non-hydrogen) atoms. The van der Waals surface area contributed by atoms with Crippen LogP contribution < -0.4 is 5.73 Å². The third-order valence-corrected chi connectivity index (χ3v) is 0.320. The van der Waals surface area contributed by atoms with Crippen molar-refractivity contribution in [3.05, 3.63) is 4.91 Å². The number of hydrogen-bond acceptors (Lipinski definition) is 3. The van der Waals surface area contributed by atoms with Crippen molar-refractivity contribution in [2.24, 2.45) is 5.73 Å². The molecule has 5 heteroatoms. The summed E-state index contributed by atoms with van der Waals surface area (Å²) in [5.74, 6) is 0. The number of nitrogens with zero attached hydrogens (tertiary/aromatic N) is 1.